The quantitative estimate of drug-likeness (QED) is 0.477. The molecule has 0 heterocycles. The normalized spacial score (nSPS) is 21.6. The third kappa shape index (κ3) is 4.78. The van der Waals surface area contributed by atoms with Gasteiger partial charge in [-0.25, -0.2) is 8.78 Å². The van der Waals surface area contributed by atoms with E-state index in [0.717, 1.165) is 30.4 Å². The number of hydrogen-bond donors (Lipinski definition) is 0. The highest BCUT2D eigenvalue weighted by molar-refractivity contribution is 5.63. The van der Waals surface area contributed by atoms with Gasteiger partial charge >= 0.3 is 0 Å². The van der Waals surface area contributed by atoms with E-state index in [0.29, 0.717) is 11.1 Å². The summed E-state index contributed by atoms with van der Waals surface area (Å²) in [5, 5.41) is 0. The molecule has 0 N–H and O–H groups in total. The third-order valence-corrected chi connectivity index (χ3v) is 6.61. The second kappa shape index (κ2) is 9.20. The van der Waals surface area contributed by atoms with Crippen LogP contribution in [0.3, 0.4) is 0 Å². The van der Waals surface area contributed by atoms with Gasteiger partial charge in [0.15, 0.2) is 0 Å². The van der Waals surface area contributed by atoms with E-state index in [-0.39, 0.29) is 37.1 Å². The highest BCUT2D eigenvalue weighted by Gasteiger charge is 2.30. The highest BCUT2D eigenvalue weighted by atomic mass is 19.1. The van der Waals surface area contributed by atoms with Gasteiger partial charge in [0.2, 0.25) is 0 Å². The first kappa shape index (κ1) is 22.0. The molecule has 0 saturated carbocycles. The van der Waals surface area contributed by atoms with Crippen LogP contribution in [0, 0.1) is 25.5 Å². The van der Waals surface area contributed by atoms with E-state index in [9.17, 15) is 8.78 Å². The minimum absolute atomic E-state index is 0.0497. The number of halogens is 2. The van der Waals surface area contributed by atoms with Crippen LogP contribution in [0.5, 0.6) is 0 Å². The molecule has 2 aromatic carbocycles. The van der Waals surface area contributed by atoms with Crippen molar-refractivity contribution in [2.45, 2.75) is 58.5 Å². The lowest BCUT2D eigenvalue weighted by Crippen LogP contribution is -2.14. The van der Waals surface area contributed by atoms with Crippen LogP contribution in [0.15, 0.2) is 83.0 Å². The smallest absolute Gasteiger partial charge is 0.128 e. The molecular weight excluding hydrogens is 418 g/mol. The minimum Gasteiger partial charge on any atom is -0.369 e. The van der Waals surface area contributed by atoms with Gasteiger partial charge in [0.1, 0.15) is 11.6 Å². The number of rotatable bonds is 6. The number of allylic oxidation sites excluding steroid dienone is 4. The maximum atomic E-state index is 14.1. The minimum atomic E-state index is -0.214. The van der Waals surface area contributed by atoms with Gasteiger partial charge in [-0.15, -0.1) is 0 Å². The van der Waals surface area contributed by atoms with Crippen LogP contribution in [0.25, 0.3) is 0 Å². The molecule has 0 radical (unpaired) electrons. The van der Waals surface area contributed by atoms with Crippen molar-refractivity contribution in [2.24, 2.45) is 0 Å². The summed E-state index contributed by atoms with van der Waals surface area (Å²) in [4.78, 5) is 0. The molecule has 1 unspecified atom stereocenters. The van der Waals surface area contributed by atoms with Crippen LogP contribution in [0.4, 0.5) is 8.78 Å². The third-order valence-electron chi connectivity index (χ3n) is 6.61. The van der Waals surface area contributed by atoms with Crippen LogP contribution in [-0.2, 0) is 22.7 Å². The molecule has 3 aliphatic carbocycles. The summed E-state index contributed by atoms with van der Waals surface area (Å²) in [5.41, 5.74) is 8.19. The zero-order valence-electron chi connectivity index (χ0n) is 19.0. The summed E-state index contributed by atoms with van der Waals surface area (Å²) >= 11 is 0. The molecule has 2 aromatic rings. The maximum absolute atomic E-state index is 14.1. The second-order valence-electron chi connectivity index (χ2n) is 9.19. The van der Waals surface area contributed by atoms with Crippen molar-refractivity contribution < 1.29 is 18.3 Å². The Bertz CT molecular complexity index is 1200. The van der Waals surface area contributed by atoms with Gasteiger partial charge in [-0.2, -0.15) is 0 Å². The molecule has 170 valence electrons. The fourth-order valence-corrected chi connectivity index (χ4v) is 4.77. The molecule has 33 heavy (non-hydrogen) atoms. The second-order valence-corrected chi connectivity index (χ2v) is 9.19. The summed E-state index contributed by atoms with van der Waals surface area (Å²) in [7, 11) is 0. The zero-order valence-corrected chi connectivity index (χ0v) is 19.0. The lowest BCUT2D eigenvalue weighted by Gasteiger charge is -2.21. The average Bonchev–Trinajstić information content (AvgIpc) is 3.15. The topological polar surface area (TPSA) is 18.5 Å². The molecule has 5 rings (SSSR count). The molecule has 0 saturated heterocycles. The summed E-state index contributed by atoms with van der Waals surface area (Å²) in [6, 6.07) is 10.5. The monoisotopic (exact) mass is 446 g/mol. The van der Waals surface area contributed by atoms with Crippen LogP contribution < -0.4 is 0 Å². The van der Waals surface area contributed by atoms with Gasteiger partial charge in [-0.1, -0.05) is 54.1 Å². The van der Waals surface area contributed by atoms with E-state index >= 15 is 0 Å². The van der Waals surface area contributed by atoms with Crippen molar-refractivity contribution in [1.29, 1.82) is 0 Å². The standard InChI is InChI=1S/C29H28F2O2/c1-18-3-5-20(28(30)11-18)16-32-24-7-9-26-22(14-24)13-23-15-25(8-10-27(23)26)33-17-21-6-4-19(2)12-29(21)31/h3-7,9-12,15,24-25H,8,13-14,16-17H2,1-2H3/t24-,25?/m0/s1. The Morgan fingerprint density at radius 2 is 1.52 bits per heavy atom. The molecule has 0 amide bonds. The molecule has 0 spiro atoms. The number of ether oxygens (including phenoxy) is 2. The highest BCUT2D eigenvalue weighted by Crippen LogP contribution is 2.44. The summed E-state index contributed by atoms with van der Waals surface area (Å²) in [6.45, 7) is 4.29. The predicted molar refractivity (Wildman–Crippen MR) is 126 cm³/mol. The average molecular weight is 447 g/mol. The van der Waals surface area contributed by atoms with Gasteiger partial charge in [0.05, 0.1) is 25.4 Å². The number of benzene rings is 2. The Hall–Kier alpha value is -2.82. The first-order valence-electron chi connectivity index (χ1n) is 11.5. The molecule has 2 atom stereocenters. The van der Waals surface area contributed by atoms with Gasteiger partial charge in [0, 0.05) is 11.1 Å². The molecule has 3 aliphatic rings. The van der Waals surface area contributed by atoms with Crippen molar-refractivity contribution in [1.82, 2.24) is 0 Å². The molecular formula is C29H28F2O2. The zero-order chi connectivity index (χ0) is 22.9. The fraction of sp³-hybridized carbons (Fsp3) is 0.310. The van der Waals surface area contributed by atoms with Crippen LogP contribution in [0.1, 0.15) is 41.5 Å². The van der Waals surface area contributed by atoms with E-state index < -0.39 is 0 Å². The van der Waals surface area contributed by atoms with E-state index in [1.54, 1.807) is 24.3 Å². The van der Waals surface area contributed by atoms with Gasteiger partial charge in [0.25, 0.3) is 0 Å². The molecule has 4 heteroatoms. The molecule has 0 aliphatic heterocycles. The van der Waals surface area contributed by atoms with Gasteiger partial charge in [-0.05, 0) is 73.1 Å². The SMILES string of the molecule is Cc1ccc(COC2C=C3CC4=C(C=C[C@H](OCc5ccc(C)cc5F)C4)C3=CC2)c(F)c1. The Morgan fingerprint density at radius 1 is 0.879 bits per heavy atom. The summed E-state index contributed by atoms with van der Waals surface area (Å²) in [6.07, 6.45) is 11.0. The lowest BCUT2D eigenvalue weighted by atomic mass is 9.93. The number of fused-ring (bicyclic) bond motifs is 2. The van der Waals surface area contributed by atoms with E-state index in [4.69, 9.17) is 9.47 Å². The van der Waals surface area contributed by atoms with E-state index in [2.05, 4.69) is 24.3 Å². The van der Waals surface area contributed by atoms with Crippen molar-refractivity contribution in [3.05, 3.63) is 117 Å². The van der Waals surface area contributed by atoms with Crippen LogP contribution in [-0.4, -0.2) is 12.2 Å². The van der Waals surface area contributed by atoms with Crippen molar-refractivity contribution in [3.8, 4) is 0 Å². The maximum Gasteiger partial charge on any atom is 0.128 e. The van der Waals surface area contributed by atoms with E-state index in [1.807, 2.05) is 26.0 Å². The van der Waals surface area contributed by atoms with Crippen LogP contribution >= 0.6 is 0 Å². The first-order valence-corrected chi connectivity index (χ1v) is 11.5. The Balaban J connectivity index is 1.18. The predicted octanol–water partition coefficient (Wildman–Crippen LogP) is 6.97. The van der Waals surface area contributed by atoms with Crippen LogP contribution in [0.2, 0.25) is 0 Å². The summed E-state index contributed by atoms with van der Waals surface area (Å²) in [5.74, 6) is -0.428. The number of hydrogen-bond acceptors (Lipinski definition) is 2. The first-order chi connectivity index (χ1) is 16.0. The van der Waals surface area contributed by atoms with Gasteiger partial charge in [-0.3, -0.25) is 0 Å². The van der Waals surface area contributed by atoms with Crippen molar-refractivity contribution in [2.75, 3.05) is 0 Å². The fourth-order valence-electron chi connectivity index (χ4n) is 4.77. The van der Waals surface area contributed by atoms with E-state index in [1.165, 1.54) is 22.3 Å². The van der Waals surface area contributed by atoms with Gasteiger partial charge < -0.3 is 9.47 Å². The Labute approximate surface area is 193 Å². The lowest BCUT2D eigenvalue weighted by molar-refractivity contribution is 0.0692. The molecule has 0 bridgehead atoms. The Morgan fingerprint density at radius 3 is 2.15 bits per heavy atom. The molecule has 2 nitrogen and oxygen atoms in total. The Kier molecular flexibility index (Phi) is 6.13. The summed E-state index contributed by atoms with van der Waals surface area (Å²) < 4.78 is 40.3. The van der Waals surface area contributed by atoms with Crippen molar-refractivity contribution >= 4 is 0 Å². The van der Waals surface area contributed by atoms with Crippen molar-refractivity contribution in [3.63, 3.8) is 0 Å². The molecule has 0 aromatic heterocycles. The largest absolute Gasteiger partial charge is 0.369 e. The number of aryl methyl sites for hydroxylation is 2. The molecule has 0 fully saturated rings.